The average Bonchev–Trinajstić information content (AvgIpc) is 3.04. The number of carboxylic acids is 1. The molecule has 0 atom stereocenters. The van der Waals surface area contributed by atoms with Gasteiger partial charge in [0.05, 0.1) is 15.3 Å². The van der Waals surface area contributed by atoms with Crippen LogP contribution in [0.15, 0.2) is 38.9 Å². The van der Waals surface area contributed by atoms with Crippen LogP contribution in [0.2, 0.25) is 10.0 Å². The minimum atomic E-state index is -1.41. The van der Waals surface area contributed by atoms with Crippen molar-refractivity contribution in [2.24, 2.45) is 0 Å². The van der Waals surface area contributed by atoms with Gasteiger partial charge in [0.15, 0.2) is 11.0 Å². The maximum Gasteiger partial charge on any atom is 0.371 e. The van der Waals surface area contributed by atoms with Gasteiger partial charge in [-0.2, -0.15) is 0 Å². The van der Waals surface area contributed by atoms with Gasteiger partial charge >= 0.3 is 5.97 Å². The number of carbonyl (C=O) groups is 2. The second kappa shape index (κ2) is 7.39. The standard InChI is InChI=1S/C15H6Cl2O5S.Na/c16-11-7(13(19)10-2-1-3-23-10)4-6-8(18)5-9(15(20)21)22-14(6)12(11)17;/h1-5H,(H,20,21);. The Morgan fingerprint density at radius 3 is 2.46 bits per heavy atom. The molecule has 0 aliphatic carbocycles. The van der Waals surface area contributed by atoms with E-state index in [2.05, 4.69) is 0 Å². The minimum absolute atomic E-state index is 0. The van der Waals surface area contributed by atoms with Crippen LogP contribution in [0.5, 0.6) is 0 Å². The summed E-state index contributed by atoms with van der Waals surface area (Å²) >= 11 is 13.4. The van der Waals surface area contributed by atoms with Crippen molar-refractivity contribution in [1.82, 2.24) is 0 Å². The van der Waals surface area contributed by atoms with E-state index >= 15 is 0 Å². The number of hydrogen-bond acceptors (Lipinski definition) is 5. The monoisotopic (exact) mass is 391 g/mol. The van der Waals surface area contributed by atoms with Crippen LogP contribution < -0.4 is 5.43 Å². The van der Waals surface area contributed by atoms with Crippen LogP contribution in [0.3, 0.4) is 0 Å². The Morgan fingerprint density at radius 2 is 1.88 bits per heavy atom. The van der Waals surface area contributed by atoms with Crippen molar-refractivity contribution in [2.75, 3.05) is 0 Å². The predicted octanol–water partition coefficient (Wildman–Crippen LogP) is 3.71. The van der Waals surface area contributed by atoms with Gasteiger partial charge in [0.1, 0.15) is 5.02 Å². The average molecular weight is 392 g/mol. The van der Waals surface area contributed by atoms with Crippen molar-refractivity contribution in [2.45, 2.75) is 0 Å². The number of rotatable bonds is 3. The van der Waals surface area contributed by atoms with Gasteiger partial charge < -0.3 is 9.52 Å². The van der Waals surface area contributed by atoms with E-state index in [1.807, 2.05) is 0 Å². The number of carboxylic acid groups (broad SMARTS) is 1. The zero-order chi connectivity index (χ0) is 16.7. The van der Waals surface area contributed by atoms with E-state index < -0.39 is 17.2 Å². The number of thiophene rings is 1. The number of benzene rings is 1. The molecule has 2 heterocycles. The van der Waals surface area contributed by atoms with Gasteiger partial charge in [0.25, 0.3) is 0 Å². The van der Waals surface area contributed by atoms with Crippen molar-refractivity contribution < 1.29 is 19.1 Å². The van der Waals surface area contributed by atoms with Crippen molar-refractivity contribution in [1.29, 1.82) is 0 Å². The molecule has 0 aliphatic rings. The third-order valence-electron chi connectivity index (χ3n) is 3.10. The maximum absolute atomic E-state index is 12.5. The summed E-state index contributed by atoms with van der Waals surface area (Å²) in [6.45, 7) is 0. The zero-order valence-electron chi connectivity index (χ0n) is 12.1. The quantitative estimate of drug-likeness (QED) is 0.543. The molecule has 117 valence electrons. The first-order valence-electron chi connectivity index (χ1n) is 6.17. The van der Waals surface area contributed by atoms with E-state index in [9.17, 15) is 14.4 Å². The molecular formula is C15H6Cl2NaO5S. The smallest absolute Gasteiger partial charge is 0.371 e. The molecule has 3 rings (SSSR count). The summed E-state index contributed by atoms with van der Waals surface area (Å²) in [5.41, 5.74) is -0.728. The minimum Gasteiger partial charge on any atom is -0.475 e. The molecule has 0 aliphatic heterocycles. The van der Waals surface area contributed by atoms with Gasteiger partial charge in [-0.15, -0.1) is 11.3 Å². The van der Waals surface area contributed by atoms with Gasteiger partial charge in [0.2, 0.25) is 11.5 Å². The van der Waals surface area contributed by atoms with E-state index in [1.54, 1.807) is 17.5 Å². The second-order valence-corrected chi connectivity index (χ2v) is 6.22. The van der Waals surface area contributed by atoms with E-state index in [-0.39, 0.29) is 61.9 Å². The number of fused-ring (bicyclic) bond motifs is 1. The maximum atomic E-state index is 12.5. The summed E-state index contributed by atoms with van der Waals surface area (Å²) in [6.07, 6.45) is 0. The summed E-state index contributed by atoms with van der Waals surface area (Å²) in [6, 6.07) is 5.43. The molecule has 0 fully saturated rings. The summed E-state index contributed by atoms with van der Waals surface area (Å²) in [5.74, 6) is -2.34. The van der Waals surface area contributed by atoms with Crippen LogP contribution in [-0.2, 0) is 0 Å². The molecule has 0 saturated heterocycles. The first-order valence-corrected chi connectivity index (χ1v) is 7.81. The predicted molar refractivity (Wildman–Crippen MR) is 93.0 cm³/mol. The van der Waals surface area contributed by atoms with Crippen molar-refractivity contribution in [3.05, 3.63) is 66.1 Å². The molecule has 0 amide bonds. The molecule has 5 nitrogen and oxygen atoms in total. The summed E-state index contributed by atoms with van der Waals surface area (Å²) < 4.78 is 5.12. The fourth-order valence-electron chi connectivity index (χ4n) is 2.04. The topological polar surface area (TPSA) is 84.6 Å². The fraction of sp³-hybridized carbons (Fsp3) is 0. The van der Waals surface area contributed by atoms with Crippen LogP contribution in [0, 0.1) is 0 Å². The van der Waals surface area contributed by atoms with E-state index in [0.717, 1.165) is 6.07 Å². The van der Waals surface area contributed by atoms with Crippen molar-refractivity contribution >= 4 is 86.8 Å². The number of halogens is 2. The van der Waals surface area contributed by atoms with Gasteiger partial charge in [0, 0.05) is 41.2 Å². The summed E-state index contributed by atoms with van der Waals surface area (Å²) in [4.78, 5) is 35.9. The van der Waals surface area contributed by atoms with Gasteiger partial charge in [-0.1, -0.05) is 29.3 Å². The van der Waals surface area contributed by atoms with Gasteiger partial charge in [-0.25, -0.2) is 4.79 Å². The van der Waals surface area contributed by atoms with E-state index in [4.69, 9.17) is 32.7 Å². The van der Waals surface area contributed by atoms with Crippen LogP contribution in [0.4, 0.5) is 0 Å². The number of aromatic carboxylic acids is 1. The Bertz CT molecular complexity index is 1010. The first-order chi connectivity index (χ1) is 10.9. The molecule has 2 aromatic heterocycles. The van der Waals surface area contributed by atoms with Gasteiger partial charge in [-0.05, 0) is 17.5 Å². The van der Waals surface area contributed by atoms with Crippen molar-refractivity contribution in [3.63, 3.8) is 0 Å². The van der Waals surface area contributed by atoms with Crippen LogP contribution in [0.25, 0.3) is 11.0 Å². The number of ketones is 1. The molecule has 9 heteroatoms. The Balaban J connectivity index is 0.00000208. The molecule has 0 unspecified atom stereocenters. The molecule has 1 N–H and O–H groups in total. The molecule has 1 aromatic carbocycles. The summed E-state index contributed by atoms with van der Waals surface area (Å²) in [7, 11) is 0. The Kier molecular flexibility index (Phi) is 5.91. The van der Waals surface area contributed by atoms with Crippen LogP contribution in [-0.4, -0.2) is 46.4 Å². The SMILES string of the molecule is O=C(O)c1cc(=O)c2cc(C(=O)c3cccs3)c(Cl)c(Cl)c2o1.[Na]. The molecular weight excluding hydrogens is 386 g/mol. The second-order valence-electron chi connectivity index (χ2n) is 4.52. The van der Waals surface area contributed by atoms with E-state index in [1.165, 1.54) is 17.4 Å². The Labute approximate surface area is 171 Å². The van der Waals surface area contributed by atoms with Crippen LogP contribution in [0.1, 0.15) is 25.8 Å². The molecule has 0 saturated carbocycles. The van der Waals surface area contributed by atoms with Gasteiger partial charge in [-0.3, -0.25) is 9.59 Å². The largest absolute Gasteiger partial charge is 0.475 e. The Hall–Kier alpha value is -1.15. The molecule has 0 bridgehead atoms. The molecule has 1 radical (unpaired) electrons. The Morgan fingerprint density at radius 1 is 1.17 bits per heavy atom. The normalized spacial score (nSPS) is 10.4. The fourth-order valence-corrected chi connectivity index (χ4v) is 3.19. The van der Waals surface area contributed by atoms with Crippen molar-refractivity contribution in [3.8, 4) is 0 Å². The molecule has 3 aromatic rings. The molecule has 24 heavy (non-hydrogen) atoms. The first kappa shape index (κ1) is 19.2. The number of carbonyl (C=O) groups excluding carboxylic acids is 1. The third-order valence-corrected chi connectivity index (χ3v) is 4.82. The number of hydrogen-bond donors (Lipinski definition) is 1. The molecule has 0 spiro atoms. The van der Waals surface area contributed by atoms with E-state index in [0.29, 0.717) is 4.88 Å². The third kappa shape index (κ3) is 3.31. The van der Waals surface area contributed by atoms with Crippen LogP contribution >= 0.6 is 34.5 Å². The summed E-state index contributed by atoms with van der Waals surface area (Å²) in [5, 5.41) is 10.4. The zero-order valence-corrected chi connectivity index (χ0v) is 16.5.